The number of halogens is 1. The van der Waals surface area contributed by atoms with Gasteiger partial charge in [-0.3, -0.25) is 0 Å². The van der Waals surface area contributed by atoms with Gasteiger partial charge in [0.15, 0.2) is 0 Å². The topological polar surface area (TPSA) is 12.0 Å². The smallest absolute Gasteiger partial charge is 0.126 e. The minimum absolute atomic E-state index is 0.0724. The fraction of sp³-hybridized carbons (Fsp3) is 0.625. The molecule has 0 spiro atoms. The van der Waals surface area contributed by atoms with Crippen molar-refractivity contribution in [1.29, 1.82) is 0 Å². The summed E-state index contributed by atoms with van der Waals surface area (Å²) in [6.45, 7) is 7.27. The second-order valence-corrected chi connectivity index (χ2v) is 6.97. The number of thioether (sulfide) groups is 1. The Labute approximate surface area is 121 Å². The predicted octanol–water partition coefficient (Wildman–Crippen LogP) is 4.44. The molecule has 0 aliphatic rings. The van der Waals surface area contributed by atoms with Gasteiger partial charge in [-0.2, -0.15) is 11.8 Å². The Morgan fingerprint density at radius 3 is 2.53 bits per heavy atom. The van der Waals surface area contributed by atoms with Gasteiger partial charge in [-0.25, -0.2) is 4.39 Å². The molecular formula is C16H26FNS. The van der Waals surface area contributed by atoms with E-state index in [4.69, 9.17) is 0 Å². The number of hydrogen-bond acceptors (Lipinski definition) is 2. The fourth-order valence-electron chi connectivity index (χ4n) is 2.08. The first-order valence-electron chi connectivity index (χ1n) is 6.92. The van der Waals surface area contributed by atoms with Gasteiger partial charge in [-0.15, -0.1) is 0 Å². The molecule has 0 radical (unpaired) electrons. The van der Waals surface area contributed by atoms with Crippen molar-refractivity contribution in [3.63, 3.8) is 0 Å². The molecule has 1 unspecified atom stereocenters. The van der Waals surface area contributed by atoms with Crippen LogP contribution in [0.3, 0.4) is 0 Å². The summed E-state index contributed by atoms with van der Waals surface area (Å²) >= 11 is 1.85. The van der Waals surface area contributed by atoms with E-state index < -0.39 is 0 Å². The Balaban J connectivity index is 2.71. The molecule has 0 bridgehead atoms. The molecule has 108 valence electrons. The summed E-state index contributed by atoms with van der Waals surface area (Å²) in [5, 5.41) is 3.50. The lowest BCUT2D eigenvalue weighted by Gasteiger charge is -2.26. The molecule has 0 saturated carbocycles. The number of benzene rings is 1. The first kappa shape index (κ1) is 16.5. The van der Waals surface area contributed by atoms with E-state index in [2.05, 4.69) is 32.3 Å². The summed E-state index contributed by atoms with van der Waals surface area (Å²) in [6.07, 6.45) is 4.28. The minimum Gasteiger partial charge on any atom is -0.311 e. The molecule has 0 heterocycles. The number of hydrogen-bond donors (Lipinski definition) is 1. The van der Waals surface area contributed by atoms with Gasteiger partial charge in [0, 0.05) is 12.1 Å². The normalized spacial score (nSPS) is 13.5. The van der Waals surface area contributed by atoms with Gasteiger partial charge < -0.3 is 5.32 Å². The van der Waals surface area contributed by atoms with Crippen LogP contribution < -0.4 is 5.32 Å². The third kappa shape index (κ3) is 6.44. The Hall–Kier alpha value is -0.540. The van der Waals surface area contributed by atoms with Crippen molar-refractivity contribution in [2.75, 3.05) is 18.6 Å². The van der Waals surface area contributed by atoms with Crippen LogP contribution in [0.1, 0.15) is 45.1 Å². The maximum absolute atomic E-state index is 13.9. The van der Waals surface area contributed by atoms with Crippen LogP contribution in [0.2, 0.25) is 0 Å². The monoisotopic (exact) mass is 283 g/mol. The molecule has 0 aliphatic heterocycles. The van der Waals surface area contributed by atoms with Crippen molar-refractivity contribution in [3.8, 4) is 0 Å². The molecule has 0 aromatic heterocycles. The molecule has 0 amide bonds. The van der Waals surface area contributed by atoms with E-state index in [1.165, 1.54) is 0 Å². The maximum atomic E-state index is 13.9. The first-order chi connectivity index (χ1) is 8.94. The van der Waals surface area contributed by atoms with E-state index in [0.717, 1.165) is 30.7 Å². The fourth-order valence-corrected chi connectivity index (χ4v) is 2.53. The van der Waals surface area contributed by atoms with Gasteiger partial charge in [0.2, 0.25) is 0 Å². The van der Waals surface area contributed by atoms with Crippen LogP contribution >= 0.6 is 11.8 Å². The zero-order chi connectivity index (χ0) is 14.3. The summed E-state index contributed by atoms with van der Waals surface area (Å²) in [5.41, 5.74) is 0.920. The molecule has 1 aromatic carbocycles. The second kappa shape index (κ2) is 7.91. The molecule has 0 saturated heterocycles. The third-order valence-corrected chi connectivity index (χ3v) is 3.82. The Morgan fingerprint density at radius 1 is 1.26 bits per heavy atom. The van der Waals surface area contributed by atoms with E-state index in [9.17, 15) is 4.39 Å². The molecule has 1 rings (SSSR count). The highest BCUT2D eigenvalue weighted by molar-refractivity contribution is 7.98. The lowest BCUT2D eigenvalue weighted by Crippen LogP contribution is -2.38. The molecule has 3 heteroatoms. The largest absolute Gasteiger partial charge is 0.311 e. The average molecular weight is 283 g/mol. The first-order valence-corrected chi connectivity index (χ1v) is 8.32. The summed E-state index contributed by atoms with van der Waals surface area (Å²) in [4.78, 5) is 0. The van der Waals surface area contributed by atoms with Gasteiger partial charge >= 0.3 is 0 Å². The average Bonchev–Trinajstić information content (AvgIpc) is 2.33. The van der Waals surface area contributed by atoms with Crippen LogP contribution in [-0.4, -0.2) is 24.1 Å². The summed E-state index contributed by atoms with van der Waals surface area (Å²) in [7, 11) is 0. The quantitative estimate of drug-likeness (QED) is 0.742. The predicted molar refractivity (Wildman–Crippen MR) is 84.5 cm³/mol. The van der Waals surface area contributed by atoms with Crippen LogP contribution in [-0.2, 0) is 0 Å². The van der Waals surface area contributed by atoms with Gasteiger partial charge in [0.25, 0.3) is 0 Å². The minimum atomic E-state index is -0.0765. The van der Waals surface area contributed by atoms with Crippen LogP contribution in [0.4, 0.5) is 4.39 Å². The zero-order valence-corrected chi connectivity index (χ0v) is 13.3. The van der Waals surface area contributed by atoms with Crippen LogP contribution in [0, 0.1) is 5.82 Å². The molecular weight excluding hydrogens is 257 g/mol. The van der Waals surface area contributed by atoms with Crippen LogP contribution in [0.5, 0.6) is 0 Å². The third-order valence-electron chi connectivity index (χ3n) is 3.12. The van der Waals surface area contributed by atoms with Crippen molar-refractivity contribution >= 4 is 11.8 Å². The summed E-state index contributed by atoms with van der Waals surface area (Å²) in [6, 6.07) is 7.17. The van der Waals surface area contributed by atoms with E-state index in [0.29, 0.717) is 0 Å². The molecule has 1 atom stereocenters. The number of nitrogens with one attached hydrogen (secondary N) is 1. The van der Waals surface area contributed by atoms with E-state index in [1.807, 2.05) is 23.9 Å². The second-order valence-electron chi connectivity index (χ2n) is 5.98. The van der Waals surface area contributed by atoms with Crippen molar-refractivity contribution < 1.29 is 4.39 Å². The maximum Gasteiger partial charge on any atom is 0.126 e. The van der Waals surface area contributed by atoms with E-state index in [-0.39, 0.29) is 17.3 Å². The van der Waals surface area contributed by atoms with Gasteiger partial charge in [0.05, 0.1) is 0 Å². The van der Waals surface area contributed by atoms with E-state index >= 15 is 0 Å². The molecule has 1 aromatic rings. The highest BCUT2D eigenvalue weighted by Crippen LogP contribution is 2.24. The SMILES string of the molecule is CSCCCC(CNC(C)(C)C)c1ccccc1F. The molecule has 19 heavy (non-hydrogen) atoms. The lowest BCUT2D eigenvalue weighted by atomic mass is 9.93. The summed E-state index contributed by atoms with van der Waals surface area (Å²) in [5.74, 6) is 1.32. The van der Waals surface area contributed by atoms with Gasteiger partial charge in [-0.1, -0.05) is 18.2 Å². The van der Waals surface area contributed by atoms with Crippen molar-refractivity contribution in [2.45, 2.75) is 45.1 Å². The Kier molecular flexibility index (Phi) is 6.87. The highest BCUT2D eigenvalue weighted by atomic mass is 32.2. The van der Waals surface area contributed by atoms with Crippen molar-refractivity contribution in [1.82, 2.24) is 5.32 Å². The zero-order valence-electron chi connectivity index (χ0n) is 12.5. The molecule has 0 fully saturated rings. The standard InChI is InChI=1S/C16H26FNS/c1-16(2,3)18-12-13(8-7-11-19-4)14-9-5-6-10-15(14)17/h5-6,9-10,13,18H,7-8,11-12H2,1-4H3. The van der Waals surface area contributed by atoms with Gasteiger partial charge in [0.1, 0.15) is 5.82 Å². The lowest BCUT2D eigenvalue weighted by molar-refractivity contribution is 0.394. The highest BCUT2D eigenvalue weighted by Gasteiger charge is 2.18. The Bertz CT molecular complexity index is 373. The van der Waals surface area contributed by atoms with Crippen LogP contribution in [0.25, 0.3) is 0 Å². The van der Waals surface area contributed by atoms with Gasteiger partial charge in [-0.05, 0) is 63.2 Å². The number of rotatable bonds is 7. The molecule has 0 aliphatic carbocycles. The van der Waals surface area contributed by atoms with Crippen LogP contribution in [0.15, 0.2) is 24.3 Å². The Morgan fingerprint density at radius 2 is 1.95 bits per heavy atom. The van der Waals surface area contributed by atoms with Crippen molar-refractivity contribution in [2.24, 2.45) is 0 Å². The van der Waals surface area contributed by atoms with E-state index in [1.54, 1.807) is 12.1 Å². The molecule has 1 N–H and O–H groups in total. The molecule has 1 nitrogen and oxygen atoms in total. The summed E-state index contributed by atoms with van der Waals surface area (Å²) < 4.78 is 13.9. The van der Waals surface area contributed by atoms with Crippen molar-refractivity contribution in [3.05, 3.63) is 35.6 Å².